The zero-order chi connectivity index (χ0) is 13.8. The van der Waals surface area contributed by atoms with Crippen LogP contribution in [-0.2, 0) is 6.42 Å². The van der Waals surface area contributed by atoms with Crippen LogP contribution in [-0.4, -0.2) is 9.97 Å². The van der Waals surface area contributed by atoms with E-state index in [1.54, 1.807) is 6.07 Å². The lowest BCUT2D eigenvalue weighted by Gasteiger charge is -2.09. The van der Waals surface area contributed by atoms with Gasteiger partial charge in [0, 0.05) is 12.5 Å². The number of halogens is 1. The van der Waals surface area contributed by atoms with Gasteiger partial charge in [-0.1, -0.05) is 24.6 Å². The SMILES string of the molecule is CCCc1nc(N)cc(Oc2ccc(C)cc2Cl)n1. The molecule has 0 atom stereocenters. The van der Waals surface area contributed by atoms with E-state index in [-0.39, 0.29) is 0 Å². The molecule has 0 aliphatic carbocycles. The van der Waals surface area contributed by atoms with Crippen molar-refractivity contribution in [1.82, 2.24) is 9.97 Å². The second-order valence-corrected chi connectivity index (χ2v) is 4.74. The molecule has 1 heterocycles. The fraction of sp³-hybridized carbons (Fsp3) is 0.286. The summed E-state index contributed by atoms with van der Waals surface area (Å²) >= 11 is 6.12. The number of benzene rings is 1. The first-order chi connectivity index (χ1) is 9.08. The molecule has 19 heavy (non-hydrogen) atoms. The third-order valence-corrected chi connectivity index (χ3v) is 2.84. The number of aromatic nitrogens is 2. The molecule has 0 spiro atoms. The molecular weight excluding hydrogens is 262 g/mol. The maximum absolute atomic E-state index is 6.12. The Labute approximate surface area is 117 Å². The second kappa shape index (κ2) is 5.89. The summed E-state index contributed by atoms with van der Waals surface area (Å²) in [6.07, 6.45) is 1.72. The minimum atomic E-state index is 0.400. The van der Waals surface area contributed by atoms with E-state index < -0.39 is 0 Å². The first-order valence-electron chi connectivity index (χ1n) is 6.16. The molecule has 1 aromatic heterocycles. The Kier molecular flexibility index (Phi) is 4.22. The normalized spacial score (nSPS) is 10.5. The number of hydrogen-bond donors (Lipinski definition) is 1. The molecule has 0 aliphatic heterocycles. The Morgan fingerprint density at radius 3 is 2.74 bits per heavy atom. The summed E-state index contributed by atoms with van der Waals surface area (Å²) in [6.45, 7) is 4.03. The third-order valence-electron chi connectivity index (χ3n) is 2.54. The summed E-state index contributed by atoms with van der Waals surface area (Å²) in [5.41, 5.74) is 6.82. The highest BCUT2D eigenvalue weighted by Gasteiger charge is 2.07. The van der Waals surface area contributed by atoms with Gasteiger partial charge < -0.3 is 10.5 Å². The van der Waals surface area contributed by atoms with Gasteiger partial charge in [0.1, 0.15) is 17.4 Å². The van der Waals surface area contributed by atoms with Crippen LogP contribution in [0.5, 0.6) is 11.6 Å². The van der Waals surface area contributed by atoms with E-state index in [0.717, 1.165) is 18.4 Å². The van der Waals surface area contributed by atoms with Crippen molar-refractivity contribution in [2.75, 3.05) is 5.73 Å². The van der Waals surface area contributed by atoms with Crippen molar-refractivity contribution in [3.05, 3.63) is 40.7 Å². The Balaban J connectivity index is 2.27. The van der Waals surface area contributed by atoms with Gasteiger partial charge in [-0.25, -0.2) is 4.98 Å². The highest BCUT2D eigenvalue weighted by molar-refractivity contribution is 6.32. The average Bonchev–Trinajstić information content (AvgIpc) is 2.32. The van der Waals surface area contributed by atoms with E-state index in [9.17, 15) is 0 Å². The van der Waals surface area contributed by atoms with Crippen molar-refractivity contribution < 1.29 is 4.74 Å². The van der Waals surface area contributed by atoms with Gasteiger partial charge in [0.05, 0.1) is 5.02 Å². The van der Waals surface area contributed by atoms with Gasteiger partial charge in [0.25, 0.3) is 0 Å². The average molecular weight is 278 g/mol. The van der Waals surface area contributed by atoms with Gasteiger partial charge in [0.2, 0.25) is 5.88 Å². The summed E-state index contributed by atoms with van der Waals surface area (Å²) in [7, 11) is 0. The smallest absolute Gasteiger partial charge is 0.224 e. The van der Waals surface area contributed by atoms with Crippen LogP contribution in [0.25, 0.3) is 0 Å². The van der Waals surface area contributed by atoms with E-state index >= 15 is 0 Å². The van der Waals surface area contributed by atoms with Crippen LogP contribution in [0.15, 0.2) is 24.3 Å². The maximum atomic E-state index is 6.12. The third kappa shape index (κ3) is 3.58. The monoisotopic (exact) mass is 277 g/mol. The Hall–Kier alpha value is -1.81. The quantitative estimate of drug-likeness (QED) is 0.924. The van der Waals surface area contributed by atoms with Crippen LogP contribution >= 0.6 is 11.6 Å². The standard InChI is InChI=1S/C14H16ClN3O/c1-3-4-13-17-12(16)8-14(18-13)19-11-6-5-9(2)7-10(11)15/h5-8H,3-4H2,1-2H3,(H2,16,17,18). The number of nitrogen functional groups attached to an aromatic ring is 1. The first kappa shape index (κ1) is 13.6. The highest BCUT2D eigenvalue weighted by atomic mass is 35.5. The lowest BCUT2D eigenvalue weighted by Crippen LogP contribution is -2.01. The molecule has 100 valence electrons. The summed E-state index contributed by atoms with van der Waals surface area (Å²) in [5.74, 6) is 2.06. The molecule has 0 bridgehead atoms. The molecule has 0 aliphatic rings. The summed E-state index contributed by atoms with van der Waals surface area (Å²) < 4.78 is 5.67. The van der Waals surface area contributed by atoms with Gasteiger partial charge >= 0.3 is 0 Å². The van der Waals surface area contributed by atoms with Crippen molar-refractivity contribution in [3.8, 4) is 11.6 Å². The van der Waals surface area contributed by atoms with Gasteiger partial charge in [-0.3, -0.25) is 0 Å². The van der Waals surface area contributed by atoms with Crippen molar-refractivity contribution in [2.45, 2.75) is 26.7 Å². The predicted molar refractivity (Wildman–Crippen MR) is 76.7 cm³/mol. The predicted octanol–water partition coefficient (Wildman–Crippen LogP) is 3.77. The van der Waals surface area contributed by atoms with Crippen molar-refractivity contribution >= 4 is 17.4 Å². The lowest BCUT2D eigenvalue weighted by atomic mass is 10.2. The molecule has 2 N–H and O–H groups in total. The molecule has 1 aromatic carbocycles. The number of hydrogen-bond acceptors (Lipinski definition) is 4. The van der Waals surface area contributed by atoms with Crippen LogP contribution in [0, 0.1) is 6.92 Å². The van der Waals surface area contributed by atoms with E-state index in [2.05, 4.69) is 16.9 Å². The van der Waals surface area contributed by atoms with Gasteiger partial charge in [-0.05, 0) is 31.0 Å². The molecule has 0 unspecified atom stereocenters. The van der Waals surface area contributed by atoms with Crippen LogP contribution < -0.4 is 10.5 Å². The molecule has 4 nitrogen and oxygen atoms in total. The van der Waals surface area contributed by atoms with Crippen LogP contribution in [0.1, 0.15) is 24.7 Å². The number of ether oxygens (including phenoxy) is 1. The molecule has 0 radical (unpaired) electrons. The number of rotatable bonds is 4. The van der Waals surface area contributed by atoms with Gasteiger partial charge in [-0.15, -0.1) is 0 Å². The topological polar surface area (TPSA) is 61.0 Å². The molecular formula is C14H16ClN3O. The summed E-state index contributed by atoms with van der Waals surface area (Å²) in [5, 5.41) is 0.550. The van der Waals surface area contributed by atoms with E-state index in [1.165, 1.54) is 0 Å². The van der Waals surface area contributed by atoms with Crippen LogP contribution in [0.2, 0.25) is 5.02 Å². The van der Waals surface area contributed by atoms with E-state index in [0.29, 0.717) is 28.3 Å². The molecule has 0 saturated heterocycles. The molecule has 2 aromatic rings. The van der Waals surface area contributed by atoms with E-state index in [4.69, 9.17) is 22.1 Å². The zero-order valence-electron chi connectivity index (χ0n) is 11.0. The van der Waals surface area contributed by atoms with Crippen LogP contribution in [0.4, 0.5) is 5.82 Å². The maximum Gasteiger partial charge on any atom is 0.224 e. The van der Waals surface area contributed by atoms with Gasteiger partial charge in [0.15, 0.2) is 0 Å². The summed E-state index contributed by atoms with van der Waals surface area (Å²) in [6, 6.07) is 7.18. The molecule has 5 heteroatoms. The number of anilines is 1. The minimum Gasteiger partial charge on any atom is -0.437 e. The molecule has 0 fully saturated rings. The molecule has 0 amide bonds. The highest BCUT2D eigenvalue weighted by Crippen LogP contribution is 2.29. The lowest BCUT2D eigenvalue weighted by molar-refractivity contribution is 0.459. The second-order valence-electron chi connectivity index (χ2n) is 4.33. The van der Waals surface area contributed by atoms with Crippen LogP contribution in [0.3, 0.4) is 0 Å². The van der Waals surface area contributed by atoms with Crippen molar-refractivity contribution in [3.63, 3.8) is 0 Å². The largest absolute Gasteiger partial charge is 0.437 e. The Morgan fingerprint density at radius 2 is 2.05 bits per heavy atom. The Morgan fingerprint density at radius 1 is 1.26 bits per heavy atom. The molecule has 0 saturated carbocycles. The molecule has 2 rings (SSSR count). The number of nitrogens with zero attached hydrogens (tertiary/aromatic N) is 2. The fourth-order valence-corrected chi connectivity index (χ4v) is 1.95. The minimum absolute atomic E-state index is 0.400. The Bertz CT molecular complexity index is 587. The zero-order valence-corrected chi connectivity index (χ0v) is 11.7. The van der Waals surface area contributed by atoms with Crippen molar-refractivity contribution in [2.24, 2.45) is 0 Å². The summed E-state index contributed by atoms with van der Waals surface area (Å²) in [4.78, 5) is 8.47. The number of aryl methyl sites for hydroxylation is 2. The van der Waals surface area contributed by atoms with Gasteiger partial charge in [-0.2, -0.15) is 4.98 Å². The van der Waals surface area contributed by atoms with E-state index in [1.807, 2.05) is 25.1 Å². The first-order valence-corrected chi connectivity index (χ1v) is 6.53. The fourth-order valence-electron chi connectivity index (χ4n) is 1.68. The van der Waals surface area contributed by atoms with Crippen molar-refractivity contribution in [1.29, 1.82) is 0 Å². The number of nitrogens with two attached hydrogens (primary N) is 1.